The van der Waals surface area contributed by atoms with Crippen molar-refractivity contribution in [3.63, 3.8) is 0 Å². The summed E-state index contributed by atoms with van der Waals surface area (Å²) in [5, 5.41) is 3.39. The summed E-state index contributed by atoms with van der Waals surface area (Å²) in [6.07, 6.45) is 3.65. The second kappa shape index (κ2) is 10.1. The number of Topliss-reactive ketones (excluding diaryl/α,β-unsaturated/α-hetero) is 1. The lowest BCUT2D eigenvalue weighted by Crippen LogP contribution is -2.56. The standard InChI is InChI=1S/C25H34N6O4/c1-16(2)11-13-30-21-22(27-24(30)29-12-7-8-17(26)14-29)28(3)25(34)31(23(21)33)15-19(32)18-9-5-6-10-20(18)35-4/h5-6,9-11,17,24,27H,7-8,12-15,26H2,1-4H3. The zero-order valence-electron chi connectivity index (χ0n) is 20.8. The molecule has 10 nitrogen and oxygen atoms in total. The van der Waals surface area contributed by atoms with Crippen molar-refractivity contribution in [1.29, 1.82) is 0 Å². The summed E-state index contributed by atoms with van der Waals surface area (Å²) in [4.78, 5) is 44.2. The fourth-order valence-corrected chi connectivity index (χ4v) is 4.76. The van der Waals surface area contributed by atoms with Crippen LogP contribution in [0.25, 0.3) is 0 Å². The average molecular weight is 483 g/mol. The molecule has 3 N–H and O–H groups in total. The molecule has 35 heavy (non-hydrogen) atoms. The molecule has 1 aromatic carbocycles. The number of likely N-dealkylation sites (tertiary alicyclic amines) is 1. The average Bonchev–Trinajstić information content (AvgIpc) is 3.23. The molecule has 0 amide bonds. The van der Waals surface area contributed by atoms with E-state index in [1.807, 2.05) is 24.8 Å². The van der Waals surface area contributed by atoms with E-state index in [-0.39, 0.29) is 24.7 Å². The maximum atomic E-state index is 13.7. The number of carbonyl (C=O) groups is 1. The van der Waals surface area contributed by atoms with E-state index in [9.17, 15) is 14.4 Å². The summed E-state index contributed by atoms with van der Waals surface area (Å²) >= 11 is 0. The lowest BCUT2D eigenvalue weighted by molar-refractivity contribution is 0.0965. The van der Waals surface area contributed by atoms with Crippen LogP contribution in [0.5, 0.6) is 5.75 Å². The fraction of sp³-hybridized carbons (Fsp3) is 0.480. The Bertz CT molecular complexity index is 1260. The number of nitrogens with two attached hydrogens (primary N) is 1. The number of ketones is 1. The van der Waals surface area contributed by atoms with Gasteiger partial charge in [-0.3, -0.25) is 23.6 Å². The van der Waals surface area contributed by atoms with Crippen LogP contribution in [-0.4, -0.2) is 58.9 Å². The summed E-state index contributed by atoms with van der Waals surface area (Å²) in [5.41, 5.74) is 7.00. The number of nitrogens with one attached hydrogen (secondary N) is 1. The molecule has 2 aromatic rings. The topological polar surface area (TPSA) is 115 Å². The summed E-state index contributed by atoms with van der Waals surface area (Å²) in [5.74, 6) is 0.478. The predicted octanol–water partition coefficient (Wildman–Crippen LogP) is 1.34. The van der Waals surface area contributed by atoms with E-state index in [2.05, 4.69) is 10.2 Å². The molecular weight excluding hydrogens is 448 g/mol. The van der Waals surface area contributed by atoms with Gasteiger partial charge in [0.2, 0.25) is 0 Å². The van der Waals surface area contributed by atoms with Gasteiger partial charge in [-0.05, 0) is 38.8 Å². The van der Waals surface area contributed by atoms with Gasteiger partial charge in [0.05, 0.1) is 19.2 Å². The van der Waals surface area contributed by atoms with Crippen molar-refractivity contribution in [2.45, 2.75) is 45.6 Å². The number of carbonyl (C=O) groups excluding carboxylic acids is 1. The molecule has 3 heterocycles. The molecule has 2 atom stereocenters. The van der Waals surface area contributed by atoms with Crippen molar-refractivity contribution in [2.75, 3.05) is 37.0 Å². The largest absolute Gasteiger partial charge is 0.496 e. The number of rotatable bonds is 7. The Balaban J connectivity index is 1.77. The number of allylic oxidation sites excluding steroid dienone is 1. The summed E-state index contributed by atoms with van der Waals surface area (Å²) in [6.45, 7) is 5.62. The summed E-state index contributed by atoms with van der Waals surface area (Å²) in [6, 6.07) is 6.84. The van der Waals surface area contributed by atoms with Gasteiger partial charge in [-0.2, -0.15) is 0 Å². The zero-order valence-corrected chi connectivity index (χ0v) is 20.8. The van der Waals surface area contributed by atoms with E-state index in [1.54, 1.807) is 31.3 Å². The molecule has 2 aliphatic heterocycles. The molecule has 2 aliphatic rings. The van der Waals surface area contributed by atoms with Crippen LogP contribution in [0.1, 0.15) is 37.0 Å². The van der Waals surface area contributed by atoms with Crippen molar-refractivity contribution in [3.8, 4) is 5.75 Å². The molecule has 0 aliphatic carbocycles. The highest BCUT2D eigenvalue weighted by atomic mass is 16.5. The molecule has 4 rings (SSSR count). The van der Waals surface area contributed by atoms with Crippen molar-refractivity contribution in [3.05, 3.63) is 62.3 Å². The van der Waals surface area contributed by atoms with Crippen LogP contribution < -0.4 is 31.9 Å². The van der Waals surface area contributed by atoms with Crippen LogP contribution in [0.15, 0.2) is 45.5 Å². The number of para-hydroxylation sites is 1. The SMILES string of the molecule is COc1ccccc1C(=O)Cn1c(=O)c2c(n(C)c1=O)NC(N1CCCC(N)C1)N2CC=C(C)C. The number of hydrogen-bond donors (Lipinski definition) is 2. The van der Waals surface area contributed by atoms with Gasteiger partial charge < -0.3 is 20.7 Å². The minimum Gasteiger partial charge on any atom is -0.496 e. The maximum Gasteiger partial charge on any atom is 0.332 e. The van der Waals surface area contributed by atoms with Crippen molar-refractivity contribution in [2.24, 2.45) is 12.8 Å². The monoisotopic (exact) mass is 482 g/mol. The number of anilines is 2. The van der Waals surface area contributed by atoms with Gasteiger partial charge in [0.1, 0.15) is 17.3 Å². The van der Waals surface area contributed by atoms with Crippen LogP contribution in [0.2, 0.25) is 0 Å². The van der Waals surface area contributed by atoms with Crippen molar-refractivity contribution >= 4 is 17.3 Å². The normalized spacial score (nSPS) is 19.7. The molecule has 2 unspecified atom stereocenters. The summed E-state index contributed by atoms with van der Waals surface area (Å²) in [7, 11) is 3.09. The quantitative estimate of drug-likeness (QED) is 0.449. The lowest BCUT2D eigenvalue weighted by atomic mass is 10.1. The van der Waals surface area contributed by atoms with Gasteiger partial charge in [-0.25, -0.2) is 4.79 Å². The molecule has 0 radical (unpaired) electrons. The van der Waals surface area contributed by atoms with E-state index in [1.165, 1.54) is 11.7 Å². The van der Waals surface area contributed by atoms with Gasteiger partial charge in [-0.1, -0.05) is 23.8 Å². The van der Waals surface area contributed by atoms with Crippen LogP contribution in [0, 0.1) is 0 Å². The van der Waals surface area contributed by atoms with Gasteiger partial charge >= 0.3 is 5.69 Å². The highest BCUT2D eigenvalue weighted by Gasteiger charge is 2.39. The summed E-state index contributed by atoms with van der Waals surface area (Å²) < 4.78 is 7.71. The zero-order chi connectivity index (χ0) is 25.3. The van der Waals surface area contributed by atoms with Gasteiger partial charge in [-0.15, -0.1) is 0 Å². The molecule has 1 fully saturated rings. The number of ether oxygens (including phenoxy) is 1. The second-order valence-corrected chi connectivity index (χ2v) is 9.40. The van der Waals surface area contributed by atoms with E-state index in [0.717, 1.165) is 29.5 Å². The number of benzene rings is 1. The Morgan fingerprint density at radius 1 is 1.26 bits per heavy atom. The first-order chi connectivity index (χ1) is 16.7. The Labute approximate surface area is 204 Å². The first kappa shape index (κ1) is 24.7. The Morgan fingerprint density at radius 2 is 2.00 bits per heavy atom. The highest BCUT2D eigenvalue weighted by molar-refractivity contribution is 5.98. The third-order valence-electron chi connectivity index (χ3n) is 6.61. The fourth-order valence-electron chi connectivity index (χ4n) is 4.76. The van der Waals surface area contributed by atoms with Crippen LogP contribution >= 0.6 is 0 Å². The Hall–Kier alpha value is -3.37. The predicted molar refractivity (Wildman–Crippen MR) is 136 cm³/mol. The number of nitrogens with zero attached hydrogens (tertiary/aromatic N) is 4. The number of methoxy groups -OCH3 is 1. The van der Waals surface area contributed by atoms with Gasteiger partial charge in [0.15, 0.2) is 12.1 Å². The van der Waals surface area contributed by atoms with Crippen molar-refractivity contribution < 1.29 is 9.53 Å². The molecular formula is C25H34N6O4. The molecule has 0 spiro atoms. The molecule has 1 saturated heterocycles. The Kier molecular flexibility index (Phi) is 7.13. The first-order valence-corrected chi connectivity index (χ1v) is 11.9. The second-order valence-electron chi connectivity index (χ2n) is 9.40. The molecule has 10 heteroatoms. The van der Waals surface area contributed by atoms with E-state index < -0.39 is 11.2 Å². The minimum atomic E-state index is -0.553. The van der Waals surface area contributed by atoms with E-state index in [4.69, 9.17) is 10.5 Å². The lowest BCUT2D eigenvalue weighted by Gasteiger charge is -2.39. The Morgan fingerprint density at radius 3 is 2.69 bits per heavy atom. The molecule has 1 aromatic heterocycles. The number of hydrogen-bond acceptors (Lipinski definition) is 8. The van der Waals surface area contributed by atoms with Crippen molar-refractivity contribution in [1.82, 2.24) is 14.0 Å². The van der Waals surface area contributed by atoms with E-state index in [0.29, 0.717) is 35.9 Å². The van der Waals surface area contributed by atoms with E-state index >= 15 is 0 Å². The van der Waals surface area contributed by atoms with Gasteiger partial charge in [0, 0.05) is 32.7 Å². The number of fused-ring (bicyclic) bond motifs is 1. The van der Waals surface area contributed by atoms with Crippen LogP contribution in [0.3, 0.4) is 0 Å². The van der Waals surface area contributed by atoms with Crippen LogP contribution in [-0.2, 0) is 13.6 Å². The number of aromatic nitrogens is 2. The third kappa shape index (κ3) is 4.76. The first-order valence-electron chi connectivity index (χ1n) is 11.9. The maximum absolute atomic E-state index is 13.7. The molecule has 0 saturated carbocycles. The van der Waals surface area contributed by atoms with Crippen LogP contribution in [0.4, 0.5) is 11.5 Å². The smallest absolute Gasteiger partial charge is 0.332 e. The third-order valence-corrected chi connectivity index (χ3v) is 6.61. The van der Waals surface area contributed by atoms with Gasteiger partial charge in [0.25, 0.3) is 5.56 Å². The molecule has 0 bridgehead atoms. The minimum absolute atomic E-state index is 0.0542. The highest BCUT2D eigenvalue weighted by Crippen LogP contribution is 2.32. The molecule has 188 valence electrons. The number of piperidine rings is 1.